The quantitative estimate of drug-likeness (QED) is 0.242. The molecule has 6 nitrogen and oxygen atoms in total. The number of ether oxygens (including phenoxy) is 1. The molecule has 5 aliphatic carbocycles. The maximum Gasteiger partial charge on any atom is 0.328 e. The van der Waals surface area contributed by atoms with Gasteiger partial charge in [-0.2, -0.15) is 0 Å². The van der Waals surface area contributed by atoms with Gasteiger partial charge in [0.15, 0.2) is 0 Å². The number of hydrogen-bond acceptors (Lipinski definition) is 4. The van der Waals surface area contributed by atoms with Gasteiger partial charge < -0.3 is 15.4 Å². The van der Waals surface area contributed by atoms with Gasteiger partial charge in [0.05, 0.1) is 7.11 Å². The molecule has 0 saturated heterocycles. The van der Waals surface area contributed by atoms with Crippen molar-refractivity contribution in [2.24, 2.45) is 57.2 Å². The van der Waals surface area contributed by atoms with Crippen molar-refractivity contribution in [3.8, 4) is 0 Å². The van der Waals surface area contributed by atoms with E-state index in [2.05, 4.69) is 72.6 Å². The molecule has 0 aliphatic heterocycles. The molecule has 4 unspecified atom stereocenters. The largest absolute Gasteiger partial charge is 0.467 e. The number of carbonyl (C=O) groups is 3. The molecule has 5 saturated carbocycles. The Labute approximate surface area is 261 Å². The van der Waals surface area contributed by atoms with Crippen molar-refractivity contribution >= 4 is 17.8 Å². The summed E-state index contributed by atoms with van der Waals surface area (Å²) in [5.41, 5.74) is 1.25. The molecule has 2 amide bonds. The van der Waals surface area contributed by atoms with Crippen LogP contribution >= 0.6 is 0 Å². The fourth-order valence-electron chi connectivity index (χ4n) is 12.4. The summed E-state index contributed by atoms with van der Waals surface area (Å²) in [6, 6.07) is -0.891. The molecular weight excluding hydrogens is 536 g/mol. The molecule has 0 aromatic rings. The number of fused-ring (bicyclic) bond motifs is 7. The summed E-state index contributed by atoms with van der Waals surface area (Å²) < 4.78 is 5.04. The third-order valence-corrected chi connectivity index (χ3v) is 14.7. The number of Topliss-reactive ketones (excluding diaryl/α,β-unsaturated/α-hetero) is 1. The van der Waals surface area contributed by atoms with Gasteiger partial charge in [-0.1, -0.05) is 60.6 Å². The molecule has 0 radical (unpaired) electrons. The van der Waals surface area contributed by atoms with Crippen LogP contribution in [0, 0.1) is 57.2 Å². The Morgan fingerprint density at radius 2 is 1.63 bits per heavy atom. The average Bonchev–Trinajstić information content (AvgIpc) is 3.30. The van der Waals surface area contributed by atoms with Crippen LogP contribution in [-0.4, -0.2) is 36.5 Å². The number of urea groups is 1. The van der Waals surface area contributed by atoms with E-state index in [1.807, 2.05) is 0 Å². The second-order valence-electron chi connectivity index (χ2n) is 17.3. The second kappa shape index (κ2) is 10.9. The molecule has 0 aromatic heterocycles. The lowest BCUT2D eigenvalue weighted by Crippen LogP contribution is -2.69. The van der Waals surface area contributed by atoms with E-state index in [0.29, 0.717) is 41.8 Å². The predicted octanol–water partition coefficient (Wildman–Crippen LogP) is 7.85. The van der Waals surface area contributed by atoms with E-state index in [0.717, 1.165) is 44.9 Å². The highest BCUT2D eigenvalue weighted by Gasteiger charge is 2.71. The number of amides is 2. The van der Waals surface area contributed by atoms with Crippen LogP contribution in [0.1, 0.15) is 126 Å². The number of methoxy groups -OCH3 is 1. The second-order valence-corrected chi connectivity index (χ2v) is 17.3. The molecule has 10 atom stereocenters. The lowest BCUT2D eigenvalue weighted by Gasteiger charge is -2.72. The maximum atomic E-state index is 13.7. The van der Waals surface area contributed by atoms with Crippen LogP contribution in [0.15, 0.2) is 12.2 Å². The number of ketones is 1. The summed E-state index contributed by atoms with van der Waals surface area (Å²) in [6.07, 6.45) is 11.1. The first-order valence-electron chi connectivity index (χ1n) is 17.3. The number of carbonyl (C=O) groups excluding carboxylic acids is 3. The summed E-state index contributed by atoms with van der Waals surface area (Å²) in [4.78, 5) is 39.3. The zero-order chi connectivity index (χ0) is 31.8. The van der Waals surface area contributed by atoms with Gasteiger partial charge in [-0.15, -0.1) is 0 Å². The van der Waals surface area contributed by atoms with Crippen molar-refractivity contribution in [3.63, 3.8) is 0 Å². The number of allylic oxidation sites excluding steroid dienone is 1. The van der Waals surface area contributed by atoms with Crippen LogP contribution in [-0.2, 0) is 14.3 Å². The van der Waals surface area contributed by atoms with E-state index in [-0.39, 0.29) is 45.1 Å². The van der Waals surface area contributed by atoms with Gasteiger partial charge in [0.25, 0.3) is 0 Å². The van der Waals surface area contributed by atoms with Gasteiger partial charge in [0, 0.05) is 17.4 Å². The standard InChI is InChI=1S/C37H60N2O4/c1-22(2)21-26(31(41)43-10)38-32(42)39-37-18-13-24(23(3)4)30(37)25-11-12-28-34(7)16-15-29(40)33(5,6)27(34)14-17-36(28,9)35(25,8)19-20-37/h22,24-28,30H,3,11-21H2,1-2,4-10H3,(H2,38,39,42)/t24-,25?,26+,27?,28+,30?,34-,35-,36+,37?/m0/s1. The topological polar surface area (TPSA) is 84.5 Å². The first-order valence-corrected chi connectivity index (χ1v) is 17.3. The van der Waals surface area contributed by atoms with Crippen molar-refractivity contribution in [1.82, 2.24) is 10.6 Å². The molecule has 5 rings (SSSR count). The van der Waals surface area contributed by atoms with Crippen LogP contribution in [0.3, 0.4) is 0 Å². The van der Waals surface area contributed by atoms with E-state index < -0.39 is 6.04 Å². The molecule has 5 aliphatic rings. The molecule has 43 heavy (non-hydrogen) atoms. The van der Waals surface area contributed by atoms with Crippen LogP contribution in [0.25, 0.3) is 0 Å². The van der Waals surface area contributed by atoms with E-state index in [1.54, 1.807) is 0 Å². The fourth-order valence-corrected chi connectivity index (χ4v) is 12.4. The summed E-state index contributed by atoms with van der Waals surface area (Å²) >= 11 is 0. The van der Waals surface area contributed by atoms with E-state index in [1.165, 1.54) is 31.9 Å². The Hall–Kier alpha value is -1.85. The van der Waals surface area contributed by atoms with Crippen LogP contribution < -0.4 is 10.6 Å². The minimum Gasteiger partial charge on any atom is -0.467 e. The third-order valence-electron chi connectivity index (χ3n) is 14.7. The summed E-state index contributed by atoms with van der Waals surface area (Å²) in [5, 5.41) is 6.53. The zero-order valence-corrected chi connectivity index (χ0v) is 28.7. The van der Waals surface area contributed by atoms with Crippen LogP contribution in [0.4, 0.5) is 4.79 Å². The third kappa shape index (κ3) is 4.82. The SMILES string of the molecule is C=C(C)[C@@H]1CCC2(NC(=O)N[C@H](CC(C)C)C(=O)OC)CC[C@@]3(C)C(CC[C@@H]4[C@@]5(C)CCC(=O)C(C)(C)C5CC[C@]43C)C12. The van der Waals surface area contributed by atoms with Crippen LogP contribution in [0.2, 0.25) is 0 Å². The molecule has 0 heterocycles. The van der Waals surface area contributed by atoms with Crippen molar-refractivity contribution in [2.45, 2.75) is 138 Å². The summed E-state index contributed by atoms with van der Waals surface area (Å²) in [5.74, 6) is 2.61. The fraction of sp³-hybridized carbons (Fsp3) is 0.865. The zero-order valence-electron chi connectivity index (χ0n) is 28.7. The van der Waals surface area contributed by atoms with Gasteiger partial charge in [-0.05, 0) is 123 Å². The number of nitrogens with one attached hydrogen (secondary N) is 2. The summed E-state index contributed by atoms with van der Waals surface area (Å²) in [6.45, 7) is 23.0. The highest BCUT2D eigenvalue weighted by molar-refractivity contribution is 5.85. The molecule has 242 valence electrons. The lowest BCUT2D eigenvalue weighted by atomic mass is 9.32. The molecule has 0 aromatic carbocycles. The van der Waals surface area contributed by atoms with Crippen molar-refractivity contribution < 1.29 is 19.1 Å². The number of esters is 1. The predicted molar refractivity (Wildman–Crippen MR) is 171 cm³/mol. The monoisotopic (exact) mass is 596 g/mol. The minimum atomic E-state index is -0.649. The van der Waals surface area contributed by atoms with Crippen LogP contribution in [0.5, 0.6) is 0 Å². The first-order chi connectivity index (χ1) is 20.0. The minimum absolute atomic E-state index is 0.159. The van der Waals surface area contributed by atoms with Crippen molar-refractivity contribution in [1.29, 1.82) is 0 Å². The van der Waals surface area contributed by atoms with Crippen molar-refractivity contribution in [2.75, 3.05) is 7.11 Å². The maximum absolute atomic E-state index is 13.7. The number of rotatable bonds is 6. The van der Waals surface area contributed by atoms with E-state index in [9.17, 15) is 14.4 Å². The Kier molecular flexibility index (Phi) is 8.25. The Balaban J connectivity index is 1.46. The first kappa shape index (κ1) is 32.5. The highest BCUT2D eigenvalue weighted by Crippen LogP contribution is 2.76. The molecule has 2 N–H and O–H groups in total. The number of hydrogen-bond donors (Lipinski definition) is 2. The molecule has 5 fully saturated rings. The van der Waals surface area contributed by atoms with Gasteiger partial charge in [0.1, 0.15) is 11.8 Å². The van der Waals surface area contributed by atoms with E-state index in [4.69, 9.17) is 4.74 Å². The molecule has 6 heteroatoms. The van der Waals surface area contributed by atoms with Gasteiger partial charge in [0.2, 0.25) is 0 Å². The average molecular weight is 597 g/mol. The lowest BCUT2D eigenvalue weighted by molar-refractivity contribution is -0.228. The molecule has 0 bridgehead atoms. The van der Waals surface area contributed by atoms with E-state index >= 15 is 0 Å². The Morgan fingerprint density at radius 1 is 0.930 bits per heavy atom. The highest BCUT2D eigenvalue weighted by atomic mass is 16.5. The van der Waals surface area contributed by atoms with Gasteiger partial charge >= 0.3 is 12.0 Å². The van der Waals surface area contributed by atoms with Gasteiger partial charge in [-0.3, -0.25) is 4.79 Å². The summed E-state index contributed by atoms with van der Waals surface area (Å²) in [7, 11) is 1.39. The smallest absolute Gasteiger partial charge is 0.328 e. The normalized spacial score (nSPS) is 43.9. The molecular formula is C37H60N2O4. The van der Waals surface area contributed by atoms with Gasteiger partial charge in [-0.25, -0.2) is 9.59 Å². The Morgan fingerprint density at radius 3 is 2.26 bits per heavy atom. The molecule has 0 spiro atoms. The Bertz CT molecular complexity index is 1160. The van der Waals surface area contributed by atoms with Crippen molar-refractivity contribution in [3.05, 3.63) is 12.2 Å².